The minimum absolute atomic E-state index is 0.114. The van der Waals surface area contributed by atoms with Gasteiger partial charge in [-0.3, -0.25) is 4.79 Å². The predicted molar refractivity (Wildman–Crippen MR) is 81.9 cm³/mol. The van der Waals surface area contributed by atoms with Crippen LogP contribution < -0.4 is 10.6 Å². The Morgan fingerprint density at radius 1 is 1.35 bits per heavy atom. The van der Waals surface area contributed by atoms with Gasteiger partial charge in [0, 0.05) is 6.54 Å². The van der Waals surface area contributed by atoms with Crippen LogP contribution in [0.15, 0.2) is 0 Å². The number of ether oxygens (including phenoxy) is 1. The van der Waals surface area contributed by atoms with Crippen LogP contribution in [0.25, 0.3) is 0 Å². The van der Waals surface area contributed by atoms with E-state index in [0.717, 1.165) is 5.75 Å². The highest BCUT2D eigenvalue weighted by Gasteiger charge is 2.26. The van der Waals surface area contributed by atoms with E-state index in [0.29, 0.717) is 18.9 Å². The van der Waals surface area contributed by atoms with E-state index in [4.69, 9.17) is 4.74 Å². The van der Waals surface area contributed by atoms with Gasteiger partial charge in [0.2, 0.25) is 5.91 Å². The molecule has 2 amide bonds. The molecule has 0 aliphatic heterocycles. The van der Waals surface area contributed by atoms with Crippen molar-refractivity contribution in [2.45, 2.75) is 51.7 Å². The number of hydrogen-bond acceptors (Lipinski definition) is 4. The topological polar surface area (TPSA) is 67.4 Å². The van der Waals surface area contributed by atoms with Crippen molar-refractivity contribution in [1.82, 2.24) is 10.6 Å². The number of thioether (sulfide) groups is 1. The molecule has 1 saturated carbocycles. The molecule has 1 aliphatic rings. The van der Waals surface area contributed by atoms with Gasteiger partial charge in [0.1, 0.15) is 11.6 Å². The summed E-state index contributed by atoms with van der Waals surface area (Å²) in [5.74, 6) is 1.33. The summed E-state index contributed by atoms with van der Waals surface area (Å²) in [6.45, 7) is 6.12. The van der Waals surface area contributed by atoms with Gasteiger partial charge in [0.15, 0.2) is 0 Å². The SMILES string of the molecule is CSCCC(NC(=O)OC(C)(C)C)C(=O)NCC1CC1. The monoisotopic (exact) mass is 302 g/mol. The molecule has 0 heterocycles. The average Bonchev–Trinajstić information content (AvgIpc) is 3.13. The lowest BCUT2D eigenvalue weighted by Crippen LogP contribution is -2.48. The van der Waals surface area contributed by atoms with Gasteiger partial charge in [-0.2, -0.15) is 11.8 Å². The van der Waals surface area contributed by atoms with Crippen LogP contribution in [-0.4, -0.2) is 42.2 Å². The second kappa shape index (κ2) is 7.76. The quantitative estimate of drug-likeness (QED) is 0.756. The molecule has 0 radical (unpaired) electrons. The van der Waals surface area contributed by atoms with E-state index in [1.807, 2.05) is 6.26 Å². The number of nitrogens with one attached hydrogen (secondary N) is 2. The third-order valence-corrected chi connectivity index (χ3v) is 3.52. The van der Waals surface area contributed by atoms with Gasteiger partial charge in [-0.05, 0) is 58.0 Å². The standard InChI is InChI=1S/C14H26N2O3S/c1-14(2,3)19-13(18)16-11(7-8-20-4)12(17)15-9-10-5-6-10/h10-11H,5-9H2,1-4H3,(H,15,17)(H,16,18). The maximum Gasteiger partial charge on any atom is 0.408 e. The molecule has 1 aliphatic carbocycles. The zero-order valence-electron chi connectivity index (χ0n) is 12.8. The highest BCUT2D eigenvalue weighted by molar-refractivity contribution is 7.98. The van der Waals surface area contributed by atoms with Crippen molar-refractivity contribution in [2.75, 3.05) is 18.6 Å². The fourth-order valence-corrected chi connectivity index (χ4v) is 2.12. The first-order valence-corrected chi connectivity index (χ1v) is 8.47. The van der Waals surface area contributed by atoms with Crippen molar-refractivity contribution in [3.8, 4) is 0 Å². The van der Waals surface area contributed by atoms with Gasteiger partial charge < -0.3 is 15.4 Å². The molecule has 1 rings (SSSR count). The van der Waals surface area contributed by atoms with E-state index in [9.17, 15) is 9.59 Å². The van der Waals surface area contributed by atoms with Crippen LogP contribution in [-0.2, 0) is 9.53 Å². The molecule has 1 fully saturated rings. The molecule has 6 heteroatoms. The zero-order valence-corrected chi connectivity index (χ0v) is 13.6. The summed E-state index contributed by atoms with van der Waals surface area (Å²) < 4.78 is 5.20. The molecule has 5 nitrogen and oxygen atoms in total. The molecule has 0 saturated heterocycles. The number of carbonyl (C=O) groups is 2. The van der Waals surface area contributed by atoms with Crippen LogP contribution in [0.5, 0.6) is 0 Å². The molecule has 0 aromatic carbocycles. The Morgan fingerprint density at radius 2 is 2.00 bits per heavy atom. The van der Waals surface area contributed by atoms with E-state index in [1.54, 1.807) is 32.5 Å². The molecular weight excluding hydrogens is 276 g/mol. The molecular formula is C14H26N2O3S. The summed E-state index contributed by atoms with van der Waals surface area (Å²) >= 11 is 1.65. The fraction of sp³-hybridized carbons (Fsp3) is 0.857. The van der Waals surface area contributed by atoms with Gasteiger partial charge in [0.25, 0.3) is 0 Å². The van der Waals surface area contributed by atoms with Crippen molar-refractivity contribution in [3.05, 3.63) is 0 Å². The number of hydrogen-bond donors (Lipinski definition) is 2. The molecule has 20 heavy (non-hydrogen) atoms. The summed E-state index contributed by atoms with van der Waals surface area (Å²) in [4.78, 5) is 23.9. The Hall–Kier alpha value is -0.910. The van der Waals surface area contributed by atoms with Crippen molar-refractivity contribution in [3.63, 3.8) is 0 Å². The second-order valence-corrected chi connectivity index (χ2v) is 7.15. The lowest BCUT2D eigenvalue weighted by molar-refractivity contribution is -0.123. The van der Waals surface area contributed by atoms with Crippen molar-refractivity contribution in [2.24, 2.45) is 5.92 Å². The summed E-state index contributed by atoms with van der Waals surface area (Å²) in [5, 5.41) is 5.57. The number of rotatable bonds is 7. The minimum Gasteiger partial charge on any atom is -0.444 e. The Labute approximate surface area is 125 Å². The molecule has 0 aromatic rings. The smallest absolute Gasteiger partial charge is 0.408 e. The first-order chi connectivity index (χ1) is 9.31. The molecule has 1 unspecified atom stereocenters. The maximum absolute atomic E-state index is 12.1. The molecule has 0 bridgehead atoms. The summed E-state index contributed by atoms with van der Waals surface area (Å²) in [6.07, 6.45) is 4.43. The van der Waals surface area contributed by atoms with E-state index in [1.165, 1.54) is 12.8 Å². The molecule has 0 spiro atoms. The Bertz CT molecular complexity index is 338. The van der Waals surface area contributed by atoms with Crippen LogP contribution in [0.2, 0.25) is 0 Å². The van der Waals surface area contributed by atoms with Crippen LogP contribution in [0, 0.1) is 5.92 Å². The predicted octanol–water partition coefficient (Wildman–Crippen LogP) is 2.16. The fourth-order valence-electron chi connectivity index (χ4n) is 1.64. The van der Waals surface area contributed by atoms with Gasteiger partial charge in [-0.1, -0.05) is 0 Å². The second-order valence-electron chi connectivity index (χ2n) is 6.17. The highest BCUT2D eigenvalue weighted by atomic mass is 32.2. The van der Waals surface area contributed by atoms with Gasteiger partial charge in [0.05, 0.1) is 0 Å². The van der Waals surface area contributed by atoms with Crippen molar-refractivity contribution < 1.29 is 14.3 Å². The first-order valence-electron chi connectivity index (χ1n) is 7.08. The third-order valence-electron chi connectivity index (χ3n) is 2.88. The first kappa shape index (κ1) is 17.1. The summed E-state index contributed by atoms with van der Waals surface area (Å²) in [6, 6.07) is -0.518. The molecule has 116 valence electrons. The minimum atomic E-state index is -0.557. The number of carbonyl (C=O) groups excluding carboxylic acids is 2. The van der Waals surface area contributed by atoms with E-state index >= 15 is 0 Å². The van der Waals surface area contributed by atoms with E-state index in [-0.39, 0.29) is 5.91 Å². The Kier molecular flexibility index (Phi) is 6.65. The molecule has 1 atom stereocenters. The molecule has 2 N–H and O–H groups in total. The maximum atomic E-state index is 12.1. The molecule has 0 aromatic heterocycles. The third kappa shape index (κ3) is 7.62. The van der Waals surface area contributed by atoms with Crippen LogP contribution in [0.3, 0.4) is 0 Å². The Morgan fingerprint density at radius 3 is 2.50 bits per heavy atom. The normalized spacial score (nSPS) is 16.4. The van der Waals surface area contributed by atoms with Gasteiger partial charge in [-0.15, -0.1) is 0 Å². The number of alkyl carbamates (subject to hydrolysis) is 1. The van der Waals surface area contributed by atoms with Crippen molar-refractivity contribution >= 4 is 23.8 Å². The van der Waals surface area contributed by atoms with Crippen molar-refractivity contribution in [1.29, 1.82) is 0 Å². The zero-order chi connectivity index (χ0) is 15.2. The largest absolute Gasteiger partial charge is 0.444 e. The highest BCUT2D eigenvalue weighted by Crippen LogP contribution is 2.27. The summed E-state index contributed by atoms with van der Waals surface area (Å²) in [7, 11) is 0. The lowest BCUT2D eigenvalue weighted by Gasteiger charge is -2.23. The van der Waals surface area contributed by atoms with Gasteiger partial charge >= 0.3 is 6.09 Å². The van der Waals surface area contributed by atoms with Gasteiger partial charge in [-0.25, -0.2) is 4.79 Å². The number of amides is 2. The Balaban J connectivity index is 2.44. The van der Waals surface area contributed by atoms with E-state index < -0.39 is 17.7 Å². The van der Waals surface area contributed by atoms with Crippen LogP contribution in [0.4, 0.5) is 4.79 Å². The van der Waals surface area contributed by atoms with Crippen LogP contribution in [0.1, 0.15) is 40.0 Å². The lowest BCUT2D eigenvalue weighted by atomic mass is 10.2. The average molecular weight is 302 g/mol. The summed E-state index contributed by atoms with van der Waals surface area (Å²) in [5.41, 5.74) is -0.557. The van der Waals surface area contributed by atoms with E-state index in [2.05, 4.69) is 10.6 Å². The van der Waals surface area contributed by atoms with Crippen LogP contribution >= 0.6 is 11.8 Å².